The second-order valence-electron chi connectivity index (χ2n) is 15.7. The molecule has 4 bridgehead atoms. The Morgan fingerprint density at radius 3 is 1.60 bits per heavy atom. The molecule has 0 radical (unpaired) electrons. The molecule has 0 spiro atoms. The topological polar surface area (TPSA) is 74.3 Å². The first kappa shape index (κ1) is 40.3. The molecule has 0 aromatic heterocycles. The largest absolute Gasteiger partial charge is 0.465 e. The molecule has 0 amide bonds. The van der Waals surface area contributed by atoms with Gasteiger partial charge in [0.05, 0.1) is 19.6 Å². The van der Waals surface area contributed by atoms with Crippen LogP contribution in [-0.2, 0) is 28.5 Å². The zero-order chi connectivity index (χ0) is 33.8. The highest BCUT2D eigenvalue weighted by molar-refractivity contribution is 5.69. The zero-order valence-corrected chi connectivity index (χ0v) is 31.1. The minimum absolute atomic E-state index is 0.0385. The fourth-order valence-electron chi connectivity index (χ4n) is 9.23. The number of rotatable bonds is 29. The quantitative estimate of drug-likeness (QED) is 0.0448. The van der Waals surface area contributed by atoms with E-state index >= 15 is 0 Å². The normalized spacial score (nSPS) is 24.8. The van der Waals surface area contributed by atoms with Crippen molar-refractivity contribution in [1.29, 1.82) is 0 Å². The molecule has 7 nitrogen and oxygen atoms in total. The summed E-state index contributed by atoms with van der Waals surface area (Å²) in [7, 11) is 0. The van der Waals surface area contributed by atoms with Gasteiger partial charge in [-0.2, -0.15) is 0 Å². The third-order valence-electron chi connectivity index (χ3n) is 11.3. The third kappa shape index (κ3) is 15.1. The van der Waals surface area contributed by atoms with Crippen molar-refractivity contribution in [2.45, 2.75) is 175 Å². The van der Waals surface area contributed by atoms with Gasteiger partial charge in [-0.05, 0) is 89.3 Å². The maximum absolute atomic E-state index is 13.1. The van der Waals surface area contributed by atoms with Crippen LogP contribution in [0.15, 0.2) is 0 Å². The minimum atomic E-state index is -0.335. The van der Waals surface area contributed by atoms with Gasteiger partial charge in [-0.1, -0.05) is 91.9 Å². The Balaban J connectivity index is 1.41. The van der Waals surface area contributed by atoms with E-state index in [0.29, 0.717) is 57.5 Å². The van der Waals surface area contributed by atoms with Crippen molar-refractivity contribution in [2.75, 3.05) is 46.1 Å². The molecule has 0 aromatic rings. The summed E-state index contributed by atoms with van der Waals surface area (Å²) >= 11 is 0. The number of unbranched alkanes of at least 4 members (excludes halogenated alkanes) is 10. The Hall–Kier alpha value is -1.18. The molecule has 4 aliphatic rings. The van der Waals surface area contributed by atoms with Crippen LogP contribution in [0.3, 0.4) is 0 Å². The number of ether oxygens (including phenoxy) is 4. The lowest BCUT2D eigenvalue weighted by molar-refractivity contribution is -0.180. The van der Waals surface area contributed by atoms with E-state index in [1.165, 1.54) is 70.6 Å². The van der Waals surface area contributed by atoms with E-state index in [1.54, 1.807) is 0 Å². The first-order valence-corrected chi connectivity index (χ1v) is 20.1. The van der Waals surface area contributed by atoms with Crippen LogP contribution in [-0.4, -0.2) is 69.2 Å². The number of nitrogens with zero attached hydrogens (tertiary/aromatic N) is 1. The average Bonchev–Trinajstić information content (AvgIpc) is 3.05. The molecule has 47 heavy (non-hydrogen) atoms. The van der Waals surface area contributed by atoms with E-state index in [2.05, 4.69) is 32.6 Å². The molecule has 0 aliphatic heterocycles. The third-order valence-corrected chi connectivity index (χ3v) is 11.3. The van der Waals surface area contributed by atoms with Crippen molar-refractivity contribution in [3.05, 3.63) is 0 Å². The van der Waals surface area contributed by atoms with Crippen molar-refractivity contribution in [3.63, 3.8) is 0 Å². The summed E-state index contributed by atoms with van der Waals surface area (Å²) in [4.78, 5) is 28.1. The van der Waals surface area contributed by atoms with Crippen LogP contribution in [0.25, 0.3) is 0 Å². The Morgan fingerprint density at radius 1 is 0.638 bits per heavy atom. The Morgan fingerprint density at radius 2 is 1.11 bits per heavy atom. The Kier molecular flexibility index (Phi) is 19.3. The standard InChI is InChI=1S/C40H73NO6/c1-5-9-11-13-15-17-24-44-38(45-25-18-16-14-12-10-6-2)22-21-37(43)47-33-40-29-34-26-35(30-40)28-39(27-34,31-40)32-46-36(42)20-19-23-41(7-3)8-4/h34-35,38H,5-33H2,1-4H3. The van der Waals surface area contributed by atoms with Gasteiger partial charge in [0.15, 0.2) is 6.29 Å². The molecule has 4 rings (SSSR count). The first-order chi connectivity index (χ1) is 22.8. The van der Waals surface area contributed by atoms with E-state index in [1.807, 2.05) is 0 Å². The maximum Gasteiger partial charge on any atom is 0.305 e. The molecule has 4 aliphatic carbocycles. The maximum atomic E-state index is 13.1. The highest BCUT2D eigenvalue weighted by atomic mass is 16.7. The molecule has 2 atom stereocenters. The molecular weight excluding hydrogens is 590 g/mol. The minimum Gasteiger partial charge on any atom is -0.465 e. The van der Waals surface area contributed by atoms with Crippen LogP contribution < -0.4 is 0 Å². The summed E-state index contributed by atoms with van der Waals surface area (Å²) < 4.78 is 24.3. The van der Waals surface area contributed by atoms with Gasteiger partial charge in [-0.15, -0.1) is 0 Å². The Labute approximate surface area is 288 Å². The van der Waals surface area contributed by atoms with E-state index in [-0.39, 0.29) is 29.1 Å². The molecule has 4 fully saturated rings. The average molecular weight is 664 g/mol. The van der Waals surface area contributed by atoms with Crippen molar-refractivity contribution in [2.24, 2.45) is 22.7 Å². The lowest BCUT2D eigenvalue weighted by Gasteiger charge is -2.61. The van der Waals surface area contributed by atoms with Crippen LogP contribution >= 0.6 is 0 Å². The molecule has 4 saturated carbocycles. The zero-order valence-electron chi connectivity index (χ0n) is 31.1. The molecule has 0 aromatic carbocycles. The number of esters is 2. The number of hydrogen-bond donors (Lipinski definition) is 0. The number of carbonyl (C=O) groups is 2. The molecule has 0 N–H and O–H groups in total. The highest BCUT2D eigenvalue weighted by Crippen LogP contribution is 2.65. The van der Waals surface area contributed by atoms with Crippen molar-refractivity contribution >= 4 is 11.9 Å². The highest BCUT2D eigenvalue weighted by Gasteiger charge is 2.58. The van der Waals surface area contributed by atoms with Crippen molar-refractivity contribution < 1.29 is 28.5 Å². The monoisotopic (exact) mass is 664 g/mol. The smallest absolute Gasteiger partial charge is 0.305 e. The fraction of sp³-hybridized carbons (Fsp3) is 0.950. The SMILES string of the molecule is CCCCCCCCOC(CCC(=O)OCC12CC3CC(CC(COC(=O)CCCN(CC)CC)(C3)C1)C2)OCCCCCCCC. The van der Waals surface area contributed by atoms with Crippen LogP contribution in [0.2, 0.25) is 0 Å². The van der Waals surface area contributed by atoms with Gasteiger partial charge in [-0.3, -0.25) is 9.59 Å². The lowest BCUT2D eigenvalue weighted by Crippen LogP contribution is -2.55. The molecular formula is C40H73NO6. The van der Waals surface area contributed by atoms with Crippen LogP contribution in [0, 0.1) is 22.7 Å². The van der Waals surface area contributed by atoms with Crippen molar-refractivity contribution in [3.8, 4) is 0 Å². The summed E-state index contributed by atoms with van der Waals surface area (Å²) in [6.45, 7) is 14.2. The summed E-state index contributed by atoms with van der Waals surface area (Å²) in [5, 5.41) is 0. The molecule has 274 valence electrons. The fourth-order valence-corrected chi connectivity index (χ4v) is 9.23. The van der Waals surface area contributed by atoms with Crippen molar-refractivity contribution in [1.82, 2.24) is 4.90 Å². The van der Waals surface area contributed by atoms with E-state index in [4.69, 9.17) is 18.9 Å². The van der Waals surface area contributed by atoms with Gasteiger partial charge < -0.3 is 23.8 Å². The van der Waals surface area contributed by atoms with E-state index < -0.39 is 0 Å². The predicted octanol–water partition coefficient (Wildman–Crippen LogP) is 9.64. The van der Waals surface area contributed by atoms with Crippen LogP contribution in [0.4, 0.5) is 0 Å². The van der Waals surface area contributed by atoms with Gasteiger partial charge in [0, 0.05) is 36.9 Å². The predicted molar refractivity (Wildman–Crippen MR) is 190 cm³/mol. The molecule has 0 saturated heterocycles. The summed E-state index contributed by atoms with van der Waals surface area (Å²) in [6, 6.07) is 0. The Bertz CT molecular complexity index is 828. The number of carbonyl (C=O) groups excluding carboxylic acids is 2. The van der Waals surface area contributed by atoms with Crippen LogP contribution in [0.5, 0.6) is 0 Å². The van der Waals surface area contributed by atoms with Crippen LogP contribution in [0.1, 0.15) is 169 Å². The summed E-state index contributed by atoms with van der Waals surface area (Å²) in [5.74, 6) is 1.13. The molecule has 7 heteroatoms. The van der Waals surface area contributed by atoms with Gasteiger partial charge in [0.25, 0.3) is 0 Å². The van der Waals surface area contributed by atoms with Gasteiger partial charge in [-0.25, -0.2) is 0 Å². The second kappa shape index (κ2) is 22.5. The number of hydrogen-bond acceptors (Lipinski definition) is 7. The molecule has 0 heterocycles. The summed E-state index contributed by atoms with van der Waals surface area (Å²) in [6.07, 6.45) is 23.5. The summed E-state index contributed by atoms with van der Waals surface area (Å²) in [5.41, 5.74) is 0.0989. The van der Waals surface area contributed by atoms with E-state index in [9.17, 15) is 9.59 Å². The molecule has 2 unspecified atom stereocenters. The first-order valence-electron chi connectivity index (χ1n) is 20.1. The second-order valence-corrected chi connectivity index (χ2v) is 15.7. The van der Waals surface area contributed by atoms with Gasteiger partial charge in [0.2, 0.25) is 0 Å². The van der Waals surface area contributed by atoms with E-state index in [0.717, 1.165) is 71.0 Å². The van der Waals surface area contributed by atoms with Gasteiger partial charge >= 0.3 is 11.9 Å². The lowest BCUT2D eigenvalue weighted by atomic mass is 9.44. The van der Waals surface area contributed by atoms with Gasteiger partial charge in [0.1, 0.15) is 0 Å².